The van der Waals surface area contributed by atoms with Gasteiger partial charge in [-0.2, -0.15) is 15.8 Å². The van der Waals surface area contributed by atoms with E-state index >= 15 is 0 Å². The Bertz CT molecular complexity index is 590. The summed E-state index contributed by atoms with van der Waals surface area (Å²) in [6.45, 7) is 3.77. The Balaban J connectivity index is 3.52. The Morgan fingerprint density at radius 1 is 1.26 bits per heavy atom. The summed E-state index contributed by atoms with van der Waals surface area (Å²) >= 11 is 0. The SMILES string of the molecule is CC1(C)CC(NC(=O)O)=C(C#N)C(=C(C#N)C#N)C1. The maximum atomic E-state index is 10.8. The molecule has 0 saturated carbocycles. The van der Waals surface area contributed by atoms with Crippen LogP contribution >= 0.6 is 0 Å². The molecule has 0 fully saturated rings. The lowest BCUT2D eigenvalue weighted by Gasteiger charge is -2.32. The van der Waals surface area contributed by atoms with E-state index in [9.17, 15) is 4.79 Å². The number of nitrogens with one attached hydrogen (secondary N) is 1. The van der Waals surface area contributed by atoms with Crippen LogP contribution in [0.5, 0.6) is 0 Å². The molecule has 6 heteroatoms. The fourth-order valence-corrected chi connectivity index (χ4v) is 2.12. The second-order valence-corrected chi connectivity index (χ2v) is 4.99. The molecule has 0 aromatic heterocycles. The molecule has 6 nitrogen and oxygen atoms in total. The van der Waals surface area contributed by atoms with Gasteiger partial charge >= 0.3 is 6.09 Å². The molecule has 0 atom stereocenters. The molecule has 2 N–H and O–H groups in total. The fourth-order valence-electron chi connectivity index (χ4n) is 2.12. The van der Waals surface area contributed by atoms with E-state index in [2.05, 4.69) is 5.32 Å². The van der Waals surface area contributed by atoms with Crippen molar-refractivity contribution in [2.75, 3.05) is 0 Å². The number of amides is 1. The van der Waals surface area contributed by atoms with Crippen molar-refractivity contribution in [1.29, 1.82) is 15.8 Å². The van der Waals surface area contributed by atoms with Gasteiger partial charge in [-0.15, -0.1) is 0 Å². The fraction of sp³-hybridized carbons (Fsp3) is 0.385. The van der Waals surface area contributed by atoms with Crippen molar-refractivity contribution in [3.05, 3.63) is 22.4 Å². The summed E-state index contributed by atoms with van der Waals surface area (Å²) in [5.41, 5.74) is 0.164. The Kier molecular flexibility index (Phi) is 3.94. The lowest BCUT2D eigenvalue weighted by Crippen LogP contribution is -2.30. The van der Waals surface area contributed by atoms with Gasteiger partial charge in [0, 0.05) is 11.3 Å². The summed E-state index contributed by atoms with van der Waals surface area (Å²) in [6.07, 6.45) is -0.511. The van der Waals surface area contributed by atoms with Gasteiger partial charge in [0.2, 0.25) is 0 Å². The first kappa shape index (κ1) is 14.3. The zero-order chi connectivity index (χ0) is 14.6. The summed E-state index contributed by atoms with van der Waals surface area (Å²) in [5, 5.41) is 38.0. The van der Waals surface area contributed by atoms with Crippen molar-refractivity contribution < 1.29 is 9.90 Å². The van der Waals surface area contributed by atoms with Crippen LogP contribution in [0.1, 0.15) is 26.7 Å². The van der Waals surface area contributed by atoms with Gasteiger partial charge in [-0.3, -0.25) is 5.32 Å². The minimum Gasteiger partial charge on any atom is -0.465 e. The molecule has 0 spiro atoms. The number of rotatable bonds is 1. The van der Waals surface area contributed by atoms with Gasteiger partial charge in [0.1, 0.15) is 23.8 Å². The largest absolute Gasteiger partial charge is 0.465 e. The van der Waals surface area contributed by atoms with E-state index in [4.69, 9.17) is 20.9 Å². The summed E-state index contributed by atoms with van der Waals surface area (Å²) in [7, 11) is 0. The summed E-state index contributed by atoms with van der Waals surface area (Å²) in [5.74, 6) is 0. The number of hydrogen-bond donors (Lipinski definition) is 2. The normalized spacial score (nSPS) is 16.9. The van der Waals surface area contributed by atoms with Crippen LogP contribution in [0.3, 0.4) is 0 Å². The number of carbonyl (C=O) groups is 1. The van der Waals surface area contributed by atoms with Crippen LogP contribution in [-0.4, -0.2) is 11.2 Å². The number of nitrogens with zero attached hydrogens (tertiary/aromatic N) is 3. The van der Waals surface area contributed by atoms with Gasteiger partial charge in [0.15, 0.2) is 0 Å². The summed E-state index contributed by atoms with van der Waals surface area (Å²) in [4.78, 5) is 10.8. The highest BCUT2D eigenvalue weighted by atomic mass is 16.4. The lowest BCUT2D eigenvalue weighted by atomic mass is 9.73. The van der Waals surface area contributed by atoms with Crippen molar-refractivity contribution in [2.45, 2.75) is 26.7 Å². The van der Waals surface area contributed by atoms with Crippen LogP contribution < -0.4 is 5.32 Å². The molecule has 1 aliphatic rings. The number of nitriles is 3. The van der Waals surface area contributed by atoms with Crippen LogP contribution in [0, 0.1) is 39.4 Å². The molecule has 0 aromatic carbocycles. The maximum absolute atomic E-state index is 10.8. The van der Waals surface area contributed by atoms with E-state index in [1.165, 1.54) is 0 Å². The number of carboxylic acid groups (broad SMARTS) is 1. The number of hydrogen-bond acceptors (Lipinski definition) is 4. The molecule has 0 heterocycles. The Morgan fingerprint density at radius 3 is 2.26 bits per heavy atom. The molecule has 1 rings (SSSR count). The first-order chi connectivity index (χ1) is 8.84. The highest BCUT2D eigenvalue weighted by molar-refractivity contribution is 5.69. The van der Waals surface area contributed by atoms with Gasteiger partial charge in [-0.1, -0.05) is 13.8 Å². The quantitative estimate of drug-likeness (QED) is 0.696. The second kappa shape index (κ2) is 5.25. The smallest absolute Gasteiger partial charge is 0.408 e. The Morgan fingerprint density at radius 2 is 1.84 bits per heavy atom. The van der Waals surface area contributed by atoms with E-state index in [0.717, 1.165) is 0 Å². The van der Waals surface area contributed by atoms with E-state index < -0.39 is 6.09 Å². The third-order valence-electron chi connectivity index (χ3n) is 2.81. The molecule has 0 unspecified atom stereocenters. The van der Waals surface area contributed by atoms with Crippen molar-refractivity contribution in [2.24, 2.45) is 5.41 Å². The van der Waals surface area contributed by atoms with Crippen molar-refractivity contribution in [3.8, 4) is 18.2 Å². The van der Waals surface area contributed by atoms with Gasteiger partial charge in [0.05, 0.1) is 5.57 Å². The second-order valence-electron chi connectivity index (χ2n) is 4.99. The van der Waals surface area contributed by atoms with Crippen molar-refractivity contribution in [1.82, 2.24) is 5.32 Å². The van der Waals surface area contributed by atoms with Gasteiger partial charge in [0.25, 0.3) is 0 Å². The topological polar surface area (TPSA) is 121 Å². The Hall–Kier alpha value is -2.78. The molecular formula is C13H12N4O2. The van der Waals surface area contributed by atoms with Crippen LogP contribution in [0.25, 0.3) is 0 Å². The van der Waals surface area contributed by atoms with E-state index in [-0.39, 0.29) is 22.3 Å². The molecule has 0 aliphatic heterocycles. The van der Waals surface area contributed by atoms with Crippen molar-refractivity contribution in [3.63, 3.8) is 0 Å². The Labute approximate surface area is 110 Å². The zero-order valence-corrected chi connectivity index (χ0v) is 10.6. The maximum Gasteiger partial charge on any atom is 0.408 e. The summed E-state index contributed by atoms with van der Waals surface area (Å²) < 4.78 is 0. The highest BCUT2D eigenvalue weighted by Gasteiger charge is 2.33. The predicted molar refractivity (Wildman–Crippen MR) is 65.1 cm³/mol. The van der Waals surface area contributed by atoms with Crippen LogP contribution in [0.4, 0.5) is 4.79 Å². The molecule has 1 aliphatic carbocycles. The van der Waals surface area contributed by atoms with E-state index in [1.54, 1.807) is 12.1 Å². The highest BCUT2D eigenvalue weighted by Crippen LogP contribution is 2.41. The molecule has 0 radical (unpaired) electrons. The zero-order valence-electron chi connectivity index (χ0n) is 10.6. The van der Waals surface area contributed by atoms with Gasteiger partial charge in [-0.05, 0) is 18.3 Å². The molecular weight excluding hydrogens is 244 g/mol. The van der Waals surface area contributed by atoms with Gasteiger partial charge in [-0.25, -0.2) is 4.79 Å². The van der Waals surface area contributed by atoms with Crippen molar-refractivity contribution >= 4 is 6.09 Å². The monoisotopic (exact) mass is 256 g/mol. The third kappa shape index (κ3) is 3.12. The van der Waals surface area contributed by atoms with E-state index in [1.807, 2.05) is 19.9 Å². The predicted octanol–water partition coefficient (Wildman–Crippen LogP) is 2.20. The lowest BCUT2D eigenvalue weighted by molar-refractivity contribution is 0.195. The standard InChI is InChI=1S/C13H12N4O2/c1-13(2)3-9(8(5-14)6-15)10(7-16)11(4-13)17-12(18)19/h17H,3-4H2,1-2H3,(H,18,19). The first-order valence-electron chi connectivity index (χ1n) is 5.51. The molecule has 19 heavy (non-hydrogen) atoms. The molecule has 0 bridgehead atoms. The average molecular weight is 256 g/mol. The van der Waals surface area contributed by atoms with E-state index in [0.29, 0.717) is 18.4 Å². The molecule has 96 valence electrons. The molecule has 0 saturated heterocycles. The molecule has 1 amide bonds. The van der Waals surface area contributed by atoms with Crippen LogP contribution in [0.2, 0.25) is 0 Å². The van der Waals surface area contributed by atoms with Gasteiger partial charge < -0.3 is 5.11 Å². The average Bonchev–Trinajstić information content (AvgIpc) is 2.28. The first-order valence-corrected chi connectivity index (χ1v) is 5.51. The van der Waals surface area contributed by atoms with Crippen LogP contribution in [0.15, 0.2) is 22.4 Å². The number of allylic oxidation sites excluding steroid dienone is 4. The summed E-state index contributed by atoms with van der Waals surface area (Å²) in [6, 6.07) is 5.40. The van der Waals surface area contributed by atoms with Crippen LogP contribution in [-0.2, 0) is 0 Å². The third-order valence-corrected chi connectivity index (χ3v) is 2.81. The molecule has 0 aromatic rings. The minimum atomic E-state index is -1.27. The minimum absolute atomic E-state index is 0.0832.